The lowest BCUT2D eigenvalue weighted by Gasteiger charge is -1.91. The second kappa shape index (κ2) is 11.9. The third-order valence-electron chi connectivity index (χ3n) is 2.21. The van der Waals surface area contributed by atoms with Crippen LogP contribution in [0.15, 0.2) is 54.6 Å². The lowest BCUT2D eigenvalue weighted by atomic mass is 10.2. The van der Waals surface area contributed by atoms with Crippen molar-refractivity contribution in [3.63, 3.8) is 0 Å². The summed E-state index contributed by atoms with van der Waals surface area (Å²) in [6, 6.07) is 15.2. The Morgan fingerprint density at radius 3 is 1.55 bits per heavy atom. The summed E-state index contributed by atoms with van der Waals surface area (Å²) in [4.78, 5) is 46.9. The summed E-state index contributed by atoms with van der Waals surface area (Å²) in [5.74, 6) is 0. The normalized spacial score (nSPS) is 8.05. The Balaban J connectivity index is 0.000000352. The van der Waals surface area contributed by atoms with E-state index in [1.165, 1.54) is 12.1 Å². The summed E-state index contributed by atoms with van der Waals surface area (Å²) >= 11 is 5.17. The molecule has 0 fully saturated rings. The van der Waals surface area contributed by atoms with Gasteiger partial charge in [-0.1, -0.05) is 42.5 Å². The quantitative estimate of drug-likeness (QED) is 0.641. The number of hydrogen-bond donors (Lipinski definition) is 0. The molecule has 0 radical (unpaired) electrons. The SMILES string of the molecule is O=C=O.O=Cc1ccc(C(=O)Cl)cc1.O=Cc1ccccc1. The maximum Gasteiger partial charge on any atom is 0.373 e. The summed E-state index contributed by atoms with van der Waals surface area (Å²) < 4.78 is 0. The summed E-state index contributed by atoms with van der Waals surface area (Å²) in [5, 5.41) is -0.512. The third-order valence-corrected chi connectivity index (χ3v) is 2.43. The number of hydrogen-bond acceptors (Lipinski definition) is 5. The van der Waals surface area contributed by atoms with Crippen LogP contribution in [0.4, 0.5) is 0 Å². The van der Waals surface area contributed by atoms with Crippen molar-refractivity contribution >= 4 is 35.6 Å². The molecule has 0 aromatic heterocycles. The lowest BCUT2D eigenvalue weighted by molar-refractivity contribution is -0.191. The van der Waals surface area contributed by atoms with E-state index in [-0.39, 0.29) is 6.15 Å². The zero-order valence-electron chi connectivity index (χ0n) is 11.3. The number of benzene rings is 2. The lowest BCUT2D eigenvalue weighted by Crippen LogP contribution is -1.88. The maximum absolute atomic E-state index is 10.5. The van der Waals surface area contributed by atoms with E-state index in [1.807, 2.05) is 18.2 Å². The fraction of sp³-hybridized carbons (Fsp3) is 0. The Labute approximate surface area is 131 Å². The predicted octanol–water partition coefficient (Wildman–Crippen LogP) is 2.79. The topological polar surface area (TPSA) is 85.3 Å². The van der Waals surface area contributed by atoms with Crippen molar-refractivity contribution in [3.05, 3.63) is 71.3 Å². The van der Waals surface area contributed by atoms with E-state index in [1.54, 1.807) is 24.3 Å². The Kier molecular flexibility index (Phi) is 10.3. The van der Waals surface area contributed by atoms with Crippen LogP contribution in [0.3, 0.4) is 0 Å². The fourth-order valence-corrected chi connectivity index (χ4v) is 1.35. The van der Waals surface area contributed by atoms with Gasteiger partial charge in [-0.25, -0.2) is 0 Å². The highest BCUT2D eigenvalue weighted by Gasteiger charge is 1.99. The van der Waals surface area contributed by atoms with Gasteiger partial charge in [-0.3, -0.25) is 14.4 Å². The summed E-state index contributed by atoms with van der Waals surface area (Å²) in [6.07, 6.45) is 1.79. The molecule has 0 heterocycles. The van der Waals surface area contributed by atoms with Gasteiger partial charge < -0.3 is 0 Å². The van der Waals surface area contributed by atoms with Gasteiger partial charge in [0.1, 0.15) is 12.6 Å². The van der Waals surface area contributed by atoms with Crippen LogP contribution in [0.25, 0.3) is 0 Å². The molecule has 0 aliphatic carbocycles. The van der Waals surface area contributed by atoms with E-state index in [9.17, 15) is 14.4 Å². The molecule has 0 bridgehead atoms. The average molecular weight is 319 g/mol. The Morgan fingerprint density at radius 2 is 1.23 bits per heavy atom. The van der Waals surface area contributed by atoms with Gasteiger partial charge in [0.05, 0.1) is 0 Å². The molecule has 2 rings (SSSR count). The van der Waals surface area contributed by atoms with Crippen molar-refractivity contribution in [2.45, 2.75) is 0 Å². The molecule has 0 N–H and O–H groups in total. The highest BCUT2D eigenvalue weighted by molar-refractivity contribution is 6.67. The van der Waals surface area contributed by atoms with Gasteiger partial charge in [0.2, 0.25) is 0 Å². The second-order valence-corrected chi connectivity index (χ2v) is 3.97. The Hall–Kier alpha value is -2.88. The molecule has 0 aliphatic heterocycles. The van der Waals surface area contributed by atoms with Gasteiger partial charge in [-0.2, -0.15) is 9.59 Å². The molecule has 5 nitrogen and oxygen atoms in total. The van der Waals surface area contributed by atoms with Crippen LogP contribution < -0.4 is 0 Å². The van der Waals surface area contributed by atoms with Crippen molar-refractivity contribution in [1.82, 2.24) is 0 Å². The van der Waals surface area contributed by atoms with E-state index < -0.39 is 5.24 Å². The maximum atomic E-state index is 10.5. The first-order valence-corrected chi connectivity index (χ1v) is 6.21. The molecule has 0 saturated heterocycles. The molecule has 0 unspecified atom stereocenters. The number of carbonyl (C=O) groups is 3. The van der Waals surface area contributed by atoms with Crippen LogP contribution in [0.1, 0.15) is 31.1 Å². The van der Waals surface area contributed by atoms with Gasteiger partial charge in [0.25, 0.3) is 5.24 Å². The zero-order valence-corrected chi connectivity index (χ0v) is 12.0. The van der Waals surface area contributed by atoms with E-state index in [0.717, 1.165) is 11.8 Å². The van der Waals surface area contributed by atoms with Crippen LogP contribution in [0.2, 0.25) is 0 Å². The zero-order chi connectivity index (χ0) is 16.8. The second-order valence-electron chi connectivity index (χ2n) is 3.63. The van der Waals surface area contributed by atoms with Crippen LogP contribution in [-0.2, 0) is 9.59 Å². The number of aldehydes is 2. The van der Waals surface area contributed by atoms with Crippen LogP contribution in [-0.4, -0.2) is 24.0 Å². The van der Waals surface area contributed by atoms with E-state index in [0.29, 0.717) is 17.4 Å². The number of carbonyl (C=O) groups excluding carboxylic acids is 5. The molecular weight excluding hydrogens is 308 g/mol. The van der Waals surface area contributed by atoms with Gasteiger partial charge >= 0.3 is 6.15 Å². The first-order chi connectivity index (χ1) is 10.6. The minimum atomic E-state index is -0.512. The smallest absolute Gasteiger partial charge is 0.298 e. The highest BCUT2D eigenvalue weighted by atomic mass is 35.5. The Bertz CT molecular complexity index is 629. The van der Waals surface area contributed by atoms with Crippen molar-refractivity contribution in [2.75, 3.05) is 0 Å². The average Bonchev–Trinajstić information content (AvgIpc) is 2.57. The van der Waals surface area contributed by atoms with Gasteiger partial charge in [0, 0.05) is 16.7 Å². The van der Waals surface area contributed by atoms with E-state index in [4.69, 9.17) is 21.2 Å². The molecule has 112 valence electrons. The van der Waals surface area contributed by atoms with Crippen LogP contribution in [0.5, 0.6) is 0 Å². The van der Waals surface area contributed by atoms with Gasteiger partial charge in [-0.15, -0.1) is 0 Å². The predicted molar refractivity (Wildman–Crippen MR) is 78.8 cm³/mol. The molecular formula is C16H11ClO5. The van der Waals surface area contributed by atoms with E-state index >= 15 is 0 Å². The van der Waals surface area contributed by atoms with Crippen molar-refractivity contribution in [2.24, 2.45) is 0 Å². The molecule has 0 saturated carbocycles. The minimum absolute atomic E-state index is 0.250. The standard InChI is InChI=1S/C8H5ClO2.C7H6O.CO2/c9-8(11)7-3-1-6(5-10)2-4-7;8-6-7-4-2-1-3-5-7;2-1-3/h1-5H;1-6H;. The minimum Gasteiger partial charge on any atom is -0.298 e. The van der Waals surface area contributed by atoms with Gasteiger partial charge in [-0.05, 0) is 23.7 Å². The molecule has 0 amide bonds. The summed E-state index contributed by atoms with van der Waals surface area (Å²) in [5.41, 5.74) is 1.66. The Morgan fingerprint density at radius 1 is 0.818 bits per heavy atom. The number of rotatable bonds is 3. The summed E-state index contributed by atoms with van der Waals surface area (Å²) in [7, 11) is 0. The van der Waals surface area contributed by atoms with Crippen LogP contribution in [0, 0.1) is 0 Å². The van der Waals surface area contributed by atoms with Crippen molar-refractivity contribution in [1.29, 1.82) is 0 Å². The monoisotopic (exact) mass is 318 g/mol. The first kappa shape index (κ1) is 19.1. The largest absolute Gasteiger partial charge is 0.373 e. The highest BCUT2D eigenvalue weighted by Crippen LogP contribution is 2.04. The molecule has 2 aromatic carbocycles. The third kappa shape index (κ3) is 8.32. The first-order valence-electron chi connectivity index (χ1n) is 5.83. The number of halogens is 1. The molecule has 0 atom stereocenters. The fourth-order valence-electron chi connectivity index (χ4n) is 1.22. The molecule has 22 heavy (non-hydrogen) atoms. The molecule has 0 aliphatic rings. The van der Waals surface area contributed by atoms with Crippen molar-refractivity contribution in [3.8, 4) is 0 Å². The molecule has 6 heteroatoms. The van der Waals surface area contributed by atoms with E-state index in [2.05, 4.69) is 0 Å². The van der Waals surface area contributed by atoms with Crippen molar-refractivity contribution < 1.29 is 24.0 Å². The molecule has 2 aromatic rings. The molecule has 0 spiro atoms. The summed E-state index contributed by atoms with van der Waals surface area (Å²) in [6.45, 7) is 0. The van der Waals surface area contributed by atoms with Crippen LogP contribution >= 0.6 is 11.6 Å². The van der Waals surface area contributed by atoms with Gasteiger partial charge in [0.15, 0.2) is 0 Å².